The fraction of sp³-hybridized carbons (Fsp3) is 0.300. The molecular weight excluding hydrogens is 444 g/mol. The summed E-state index contributed by atoms with van der Waals surface area (Å²) in [5.41, 5.74) is 1.22. The van der Waals surface area contributed by atoms with E-state index < -0.39 is 10.0 Å². The Bertz CT molecular complexity index is 1200. The summed E-state index contributed by atoms with van der Waals surface area (Å²) in [7, 11) is -0.479. The Morgan fingerprint density at radius 2 is 1.68 bits per heavy atom. The predicted octanol–water partition coefficient (Wildman–Crippen LogP) is 3.06. The molecule has 0 unspecified atom stereocenters. The van der Waals surface area contributed by atoms with Gasteiger partial charge in [-0.1, -0.05) is 0 Å². The molecule has 9 nitrogen and oxygen atoms in total. The molecule has 1 aliphatic heterocycles. The minimum absolute atomic E-state index is 0.0636. The highest BCUT2D eigenvalue weighted by molar-refractivity contribution is 7.89. The fourth-order valence-corrected chi connectivity index (χ4v) is 4.89. The van der Waals surface area contributed by atoms with E-state index in [-0.39, 0.29) is 10.2 Å². The normalized spacial score (nSPS) is 15.1. The molecule has 1 aliphatic rings. The number of nitrogens with one attached hydrogen (secondary N) is 1. The monoisotopic (exact) mass is 464 g/mol. The standard InChI is InChI=1S/C20H21ClN4O5S/c1-28-17-11-15-16(12-18(17)29-2)23-20(21)24-19(15)22-13-3-5-14(6-4-13)31(26,27)25-7-9-30-10-8-25/h3-6,11-12H,7-10H2,1-2H3,(H,22,23,24). The second kappa shape index (κ2) is 8.83. The number of morpholine rings is 1. The molecule has 0 bridgehead atoms. The lowest BCUT2D eigenvalue weighted by atomic mass is 10.2. The third-order valence-corrected chi connectivity index (χ3v) is 6.98. The van der Waals surface area contributed by atoms with Crippen molar-refractivity contribution in [3.8, 4) is 11.5 Å². The van der Waals surface area contributed by atoms with Crippen LogP contribution in [-0.2, 0) is 14.8 Å². The minimum atomic E-state index is -3.56. The van der Waals surface area contributed by atoms with E-state index in [0.29, 0.717) is 60.2 Å². The van der Waals surface area contributed by atoms with Crippen LogP contribution in [0.2, 0.25) is 5.28 Å². The van der Waals surface area contributed by atoms with Gasteiger partial charge in [-0.2, -0.15) is 9.29 Å². The molecule has 1 saturated heterocycles. The summed E-state index contributed by atoms with van der Waals surface area (Å²) in [5, 5.41) is 3.91. The van der Waals surface area contributed by atoms with E-state index in [1.165, 1.54) is 11.4 Å². The Balaban J connectivity index is 1.65. The van der Waals surface area contributed by atoms with Crippen molar-refractivity contribution < 1.29 is 22.6 Å². The molecule has 2 heterocycles. The summed E-state index contributed by atoms with van der Waals surface area (Å²) in [6.45, 7) is 1.49. The van der Waals surface area contributed by atoms with Crippen LogP contribution in [0.25, 0.3) is 10.9 Å². The number of sulfonamides is 1. The van der Waals surface area contributed by atoms with Crippen LogP contribution in [0.4, 0.5) is 11.5 Å². The van der Waals surface area contributed by atoms with Gasteiger partial charge in [0.2, 0.25) is 15.3 Å². The van der Waals surface area contributed by atoms with Crippen molar-refractivity contribution in [1.82, 2.24) is 14.3 Å². The van der Waals surface area contributed by atoms with Gasteiger partial charge in [0.25, 0.3) is 0 Å². The van der Waals surface area contributed by atoms with E-state index in [2.05, 4.69) is 15.3 Å². The number of ether oxygens (including phenoxy) is 3. The van der Waals surface area contributed by atoms with Crippen molar-refractivity contribution in [2.24, 2.45) is 0 Å². The molecular formula is C20H21ClN4O5S. The van der Waals surface area contributed by atoms with Gasteiger partial charge in [0.15, 0.2) is 11.5 Å². The molecule has 1 fully saturated rings. The molecule has 0 aliphatic carbocycles. The predicted molar refractivity (Wildman–Crippen MR) is 117 cm³/mol. The highest BCUT2D eigenvalue weighted by Crippen LogP contribution is 2.35. The van der Waals surface area contributed by atoms with E-state index in [1.807, 2.05) is 0 Å². The van der Waals surface area contributed by atoms with Crippen LogP contribution < -0.4 is 14.8 Å². The molecule has 31 heavy (non-hydrogen) atoms. The molecule has 0 atom stereocenters. The Morgan fingerprint density at radius 1 is 1.03 bits per heavy atom. The number of rotatable bonds is 6. The van der Waals surface area contributed by atoms with Crippen LogP contribution in [0.5, 0.6) is 11.5 Å². The lowest BCUT2D eigenvalue weighted by Gasteiger charge is -2.26. The van der Waals surface area contributed by atoms with E-state index in [1.54, 1.807) is 43.5 Å². The molecule has 11 heteroatoms. The van der Waals surface area contributed by atoms with Gasteiger partial charge in [0, 0.05) is 30.2 Å². The van der Waals surface area contributed by atoms with E-state index in [9.17, 15) is 8.42 Å². The van der Waals surface area contributed by atoms with Gasteiger partial charge in [-0.05, 0) is 41.9 Å². The van der Waals surface area contributed by atoms with Gasteiger partial charge in [-0.25, -0.2) is 13.4 Å². The maximum Gasteiger partial charge on any atom is 0.243 e. The van der Waals surface area contributed by atoms with Crippen LogP contribution >= 0.6 is 11.6 Å². The second-order valence-corrected chi connectivity index (χ2v) is 9.01. The maximum atomic E-state index is 12.8. The Labute approximate surface area is 185 Å². The van der Waals surface area contributed by atoms with Crippen LogP contribution in [0.1, 0.15) is 0 Å². The molecule has 2 aromatic carbocycles. The summed E-state index contributed by atoms with van der Waals surface area (Å²) < 4.78 is 42.9. The van der Waals surface area contributed by atoms with Gasteiger partial charge in [-0.15, -0.1) is 0 Å². The van der Waals surface area contributed by atoms with Crippen molar-refractivity contribution in [2.75, 3.05) is 45.8 Å². The summed E-state index contributed by atoms with van der Waals surface area (Å²) in [5.74, 6) is 1.50. The largest absolute Gasteiger partial charge is 0.493 e. The van der Waals surface area contributed by atoms with E-state index in [0.717, 1.165) is 0 Å². The molecule has 1 N–H and O–H groups in total. The molecule has 164 valence electrons. The maximum absolute atomic E-state index is 12.8. The zero-order valence-corrected chi connectivity index (χ0v) is 18.5. The first kappa shape index (κ1) is 21.6. The highest BCUT2D eigenvalue weighted by atomic mass is 35.5. The molecule has 0 radical (unpaired) electrons. The van der Waals surface area contributed by atoms with Crippen LogP contribution in [0.3, 0.4) is 0 Å². The van der Waals surface area contributed by atoms with Crippen molar-refractivity contribution in [2.45, 2.75) is 4.90 Å². The Hall–Kier alpha value is -2.66. The van der Waals surface area contributed by atoms with Crippen LogP contribution in [0, 0.1) is 0 Å². The zero-order chi connectivity index (χ0) is 22.0. The molecule has 0 amide bonds. The summed E-state index contributed by atoms with van der Waals surface area (Å²) in [6.07, 6.45) is 0. The SMILES string of the molecule is COc1cc2nc(Cl)nc(Nc3ccc(S(=O)(=O)N4CCOCC4)cc3)c2cc1OC. The van der Waals surface area contributed by atoms with Crippen molar-refractivity contribution in [3.63, 3.8) is 0 Å². The van der Waals surface area contributed by atoms with Gasteiger partial charge >= 0.3 is 0 Å². The van der Waals surface area contributed by atoms with Crippen molar-refractivity contribution >= 4 is 44.0 Å². The number of methoxy groups -OCH3 is 2. The van der Waals surface area contributed by atoms with Crippen molar-refractivity contribution in [3.05, 3.63) is 41.7 Å². The first-order valence-corrected chi connectivity index (χ1v) is 11.3. The smallest absolute Gasteiger partial charge is 0.243 e. The third kappa shape index (κ3) is 4.38. The number of hydrogen-bond donors (Lipinski definition) is 1. The fourth-order valence-electron chi connectivity index (χ4n) is 3.31. The topological polar surface area (TPSA) is 103 Å². The van der Waals surface area contributed by atoms with Gasteiger partial charge in [0.05, 0.1) is 37.8 Å². The lowest BCUT2D eigenvalue weighted by Crippen LogP contribution is -2.40. The number of anilines is 2. The third-order valence-electron chi connectivity index (χ3n) is 4.90. The quantitative estimate of drug-likeness (QED) is 0.555. The van der Waals surface area contributed by atoms with Crippen molar-refractivity contribution in [1.29, 1.82) is 0 Å². The average molecular weight is 465 g/mol. The number of halogens is 1. The van der Waals surface area contributed by atoms with E-state index >= 15 is 0 Å². The molecule has 4 rings (SSSR count). The number of nitrogens with zero attached hydrogens (tertiary/aromatic N) is 3. The molecule has 3 aromatic rings. The van der Waals surface area contributed by atoms with Crippen LogP contribution in [-0.4, -0.2) is 63.2 Å². The first-order valence-electron chi connectivity index (χ1n) is 9.46. The minimum Gasteiger partial charge on any atom is -0.493 e. The average Bonchev–Trinajstić information content (AvgIpc) is 2.79. The summed E-state index contributed by atoms with van der Waals surface area (Å²) >= 11 is 6.10. The number of fused-ring (bicyclic) bond motifs is 1. The van der Waals surface area contributed by atoms with Gasteiger partial charge in [0.1, 0.15) is 5.82 Å². The van der Waals surface area contributed by atoms with E-state index in [4.69, 9.17) is 25.8 Å². The number of hydrogen-bond acceptors (Lipinski definition) is 8. The Kier molecular flexibility index (Phi) is 6.15. The Morgan fingerprint density at radius 3 is 2.32 bits per heavy atom. The highest BCUT2D eigenvalue weighted by Gasteiger charge is 2.26. The molecule has 0 saturated carbocycles. The summed E-state index contributed by atoms with van der Waals surface area (Å²) in [6, 6.07) is 9.93. The van der Waals surface area contributed by atoms with Gasteiger partial charge < -0.3 is 19.5 Å². The molecule has 1 aromatic heterocycles. The number of aromatic nitrogens is 2. The summed E-state index contributed by atoms with van der Waals surface area (Å²) in [4.78, 5) is 8.74. The first-order chi connectivity index (χ1) is 14.9. The molecule has 0 spiro atoms. The second-order valence-electron chi connectivity index (χ2n) is 6.73. The van der Waals surface area contributed by atoms with Crippen LogP contribution in [0.15, 0.2) is 41.3 Å². The number of benzene rings is 2. The van der Waals surface area contributed by atoms with Gasteiger partial charge in [-0.3, -0.25) is 0 Å². The lowest BCUT2D eigenvalue weighted by molar-refractivity contribution is 0.0730. The zero-order valence-electron chi connectivity index (χ0n) is 17.0.